The van der Waals surface area contributed by atoms with Gasteiger partial charge in [0.25, 0.3) is 5.56 Å². The van der Waals surface area contributed by atoms with Crippen molar-refractivity contribution in [2.45, 2.75) is 12.8 Å². The largest absolute Gasteiger partial charge is 0.492 e. The molecule has 0 amide bonds. The molecule has 0 N–H and O–H groups in total. The van der Waals surface area contributed by atoms with Crippen LogP contribution in [0, 0.1) is 5.82 Å². The van der Waals surface area contributed by atoms with E-state index in [1.54, 1.807) is 12.3 Å². The second-order valence-electron chi connectivity index (χ2n) is 5.37. The van der Waals surface area contributed by atoms with E-state index in [4.69, 9.17) is 16.3 Å². The van der Waals surface area contributed by atoms with E-state index in [2.05, 4.69) is 4.98 Å². The SMILES string of the molecule is O=c1c2c(c3cccnc3n1-c1ccc(F)c(Cl)c1)OCCC2. The molecule has 23 heavy (non-hydrogen) atoms. The van der Waals surface area contributed by atoms with Gasteiger partial charge in [0, 0.05) is 6.20 Å². The third kappa shape index (κ3) is 2.19. The Hall–Kier alpha value is -2.40. The number of pyridine rings is 2. The first-order chi connectivity index (χ1) is 11.2. The highest BCUT2D eigenvalue weighted by atomic mass is 35.5. The van der Waals surface area contributed by atoms with Crippen molar-refractivity contribution in [3.05, 3.63) is 63.3 Å². The van der Waals surface area contributed by atoms with Gasteiger partial charge in [-0.3, -0.25) is 9.36 Å². The highest BCUT2D eigenvalue weighted by Gasteiger charge is 2.22. The normalized spacial score (nSPS) is 13.7. The van der Waals surface area contributed by atoms with E-state index < -0.39 is 5.82 Å². The van der Waals surface area contributed by atoms with Crippen molar-refractivity contribution < 1.29 is 9.13 Å². The lowest BCUT2D eigenvalue weighted by Crippen LogP contribution is -2.27. The summed E-state index contributed by atoms with van der Waals surface area (Å²) in [5.41, 5.74) is 1.38. The summed E-state index contributed by atoms with van der Waals surface area (Å²) in [6, 6.07) is 7.87. The number of nitrogens with zero attached hydrogens (tertiary/aromatic N) is 2. The predicted molar refractivity (Wildman–Crippen MR) is 86.1 cm³/mol. The highest BCUT2D eigenvalue weighted by molar-refractivity contribution is 6.30. The zero-order valence-electron chi connectivity index (χ0n) is 12.1. The summed E-state index contributed by atoms with van der Waals surface area (Å²) in [5.74, 6) is 0.0795. The molecule has 4 nitrogen and oxygen atoms in total. The molecule has 0 saturated carbocycles. The fourth-order valence-electron chi connectivity index (χ4n) is 2.92. The maximum Gasteiger partial charge on any atom is 0.263 e. The van der Waals surface area contributed by atoms with Crippen molar-refractivity contribution in [1.29, 1.82) is 0 Å². The van der Waals surface area contributed by atoms with Gasteiger partial charge in [-0.25, -0.2) is 9.37 Å². The van der Waals surface area contributed by atoms with Crippen LogP contribution in [0.3, 0.4) is 0 Å². The summed E-state index contributed by atoms with van der Waals surface area (Å²) in [7, 11) is 0. The average Bonchev–Trinajstić information content (AvgIpc) is 2.58. The average molecular weight is 331 g/mol. The van der Waals surface area contributed by atoms with Gasteiger partial charge in [0.2, 0.25) is 0 Å². The molecular formula is C17H12ClFN2O2. The van der Waals surface area contributed by atoms with Crippen LogP contribution in [0.4, 0.5) is 4.39 Å². The van der Waals surface area contributed by atoms with Crippen LogP contribution in [-0.4, -0.2) is 16.2 Å². The van der Waals surface area contributed by atoms with Crippen LogP contribution < -0.4 is 10.3 Å². The van der Waals surface area contributed by atoms with Crippen molar-refractivity contribution >= 4 is 22.6 Å². The highest BCUT2D eigenvalue weighted by Crippen LogP contribution is 2.31. The minimum atomic E-state index is -0.526. The fraction of sp³-hybridized carbons (Fsp3) is 0.176. The van der Waals surface area contributed by atoms with Crippen LogP contribution in [0.15, 0.2) is 41.3 Å². The molecule has 3 heterocycles. The van der Waals surface area contributed by atoms with Gasteiger partial charge >= 0.3 is 0 Å². The molecular weight excluding hydrogens is 319 g/mol. The van der Waals surface area contributed by atoms with Crippen LogP contribution in [0.5, 0.6) is 5.75 Å². The van der Waals surface area contributed by atoms with Gasteiger partial charge < -0.3 is 4.74 Å². The van der Waals surface area contributed by atoms with Gasteiger partial charge in [-0.2, -0.15) is 0 Å². The maximum absolute atomic E-state index is 13.4. The van der Waals surface area contributed by atoms with Gasteiger partial charge in [-0.05, 0) is 43.2 Å². The molecule has 3 aromatic rings. The van der Waals surface area contributed by atoms with Gasteiger partial charge in [0.1, 0.15) is 11.6 Å². The lowest BCUT2D eigenvalue weighted by molar-refractivity contribution is 0.290. The van der Waals surface area contributed by atoms with E-state index in [0.717, 1.165) is 11.8 Å². The quantitative estimate of drug-likeness (QED) is 0.686. The second kappa shape index (κ2) is 5.35. The Morgan fingerprint density at radius 3 is 3.00 bits per heavy atom. The van der Waals surface area contributed by atoms with Gasteiger partial charge in [-0.15, -0.1) is 0 Å². The Labute approximate surface area is 136 Å². The van der Waals surface area contributed by atoms with Crippen molar-refractivity contribution in [2.75, 3.05) is 6.61 Å². The Kier molecular flexibility index (Phi) is 3.31. The van der Waals surface area contributed by atoms with Crippen LogP contribution in [0.2, 0.25) is 5.02 Å². The molecule has 0 spiro atoms. The van der Waals surface area contributed by atoms with Crippen LogP contribution in [0.25, 0.3) is 16.7 Å². The summed E-state index contributed by atoms with van der Waals surface area (Å²) in [5, 5.41) is 0.731. The summed E-state index contributed by atoms with van der Waals surface area (Å²) in [4.78, 5) is 17.3. The molecule has 0 saturated heterocycles. The summed E-state index contributed by atoms with van der Waals surface area (Å²) in [6.45, 7) is 0.586. The zero-order chi connectivity index (χ0) is 16.0. The molecule has 2 aromatic heterocycles. The number of rotatable bonds is 1. The molecule has 0 unspecified atom stereocenters. The van der Waals surface area contributed by atoms with E-state index >= 15 is 0 Å². The third-order valence-corrected chi connectivity index (χ3v) is 4.25. The van der Waals surface area contributed by atoms with Crippen LogP contribution >= 0.6 is 11.6 Å². The minimum absolute atomic E-state index is 0.0348. The smallest absolute Gasteiger partial charge is 0.263 e. The van der Waals surface area contributed by atoms with Crippen molar-refractivity contribution in [3.8, 4) is 11.4 Å². The van der Waals surface area contributed by atoms with E-state index in [-0.39, 0.29) is 10.6 Å². The van der Waals surface area contributed by atoms with Crippen molar-refractivity contribution in [1.82, 2.24) is 9.55 Å². The second-order valence-corrected chi connectivity index (χ2v) is 5.78. The number of hydrogen-bond donors (Lipinski definition) is 0. The number of ether oxygens (including phenoxy) is 1. The topological polar surface area (TPSA) is 44.1 Å². The molecule has 0 atom stereocenters. The molecule has 0 aliphatic carbocycles. The summed E-state index contributed by atoms with van der Waals surface area (Å²) >= 11 is 5.88. The molecule has 1 aromatic carbocycles. The van der Waals surface area contributed by atoms with Gasteiger partial charge in [-0.1, -0.05) is 11.6 Å². The number of halogens is 2. The molecule has 0 radical (unpaired) electrons. The van der Waals surface area contributed by atoms with E-state index in [1.807, 2.05) is 6.07 Å². The van der Waals surface area contributed by atoms with Crippen molar-refractivity contribution in [3.63, 3.8) is 0 Å². The molecule has 0 bridgehead atoms. The first-order valence-electron chi connectivity index (χ1n) is 7.27. The van der Waals surface area contributed by atoms with Crippen LogP contribution in [-0.2, 0) is 6.42 Å². The Bertz CT molecular complexity index is 984. The first-order valence-corrected chi connectivity index (χ1v) is 7.65. The van der Waals surface area contributed by atoms with E-state index in [9.17, 15) is 9.18 Å². The molecule has 1 aliphatic rings. The molecule has 4 rings (SSSR count). The molecule has 6 heteroatoms. The van der Waals surface area contributed by atoms with E-state index in [0.29, 0.717) is 35.7 Å². The Balaban J connectivity index is 2.12. The first kappa shape index (κ1) is 14.2. The fourth-order valence-corrected chi connectivity index (χ4v) is 3.09. The monoisotopic (exact) mass is 330 g/mol. The number of aromatic nitrogens is 2. The Morgan fingerprint density at radius 1 is 1.30 bits per heavy atom. The van der Waals surface area contributed by atoms with Crippen molar-refractivity contribution in [2.24, 2.45) is 0 Å². The number of fused-ring (bicyclic) bond motifs is 3. The standard InChI is InChI=1S/C17H12ClFN2O2/c18-13-9-10(5-6-14(13)19)21-16-11(3-1-7-20-16)15-12(17(21)22)4-2-8-23-15/h1,3,5-7,9H,2,4,8H2. The van der Waals surface area contributed by atoms with Gasteiger partial charge in [0.05, 0.1) is 28.3 Å². The number of hydrogen-bond acceptors (Lipinski definition) is 3. The minimum Gasteiger partial charge on any atom is -0.492 e. The van der Waals surface area contributed by atoms with Crippen LogP contribution in [0.1, 0.15) is 12.0 Å². The predicted octanol–water partition coefficient (Wildman–Crippen LogP) is 3.50. The van der Waals surface area contributed by atoms with Gasteiger partial charge in [0.15, 0.2) is 5.65 Å². The lowest BCUT2D eigenvalue weighted by Gasteiger charge is -2.21. The summed E-state index contributed by atoms with van der Waals surface area (Å²) < 4.78 is 20.6. The maximum atomic E-state index is 13.4. The molecule has 116 valence electrons. The third-order valence-electron chi connectivity index (χ3n) is 3.96. The van der Waals surface area contributed by atoms with E-state index in [1.165, 1.54) is 22.8 Å². The lowest BCUT2D eigenvalue weighted by atomic mass is 10.1. The zero-order valence-corrected chi connectivity index (χ0v) is 12.8. The molecule has 1 aliphatic heterocycles. The Morgan fingerprint density at radius 2 is 2.17 bits per heavy atom. The summed E-state index contributed by atoms with van der Waals surface area (Å²) in [6.07, 6.45) is 3.05. The molecule has 0 fully saturated rings. The number of benzene rings is 1.